The molecule has 0 aliphatic heterocycles. The lowest BCUT2D eigenvalue weighted by Gasteiger charge is -1.84. The lowest BCUT2D eigenvalue weighted by molar-refractivity contribution is 0.275. The molecule has 9 heteroatoms. The highest BCUT2D eigenvalue weighted by Crippen LogP contribution is 2.25. The zero-order valence-corrected chi connectivity index (χ0v) is 9.81. The first-order valence-corrected chi connectivity index (χ1v) is 5.69. The predicted octanol–water partition coefficient (Wildman–Crippen LogP) is -2.53. The Hall–Kier alpha value is -0.0500. The number of hydrogen-bond acceptors (Lipinski definition) is 5. The minimum absolute atomic E-state index is 0.233. The van der Waals surface area contributed by atoms with Gasteiger partial charge in [0.1, 0.15) is 0 Å². The van der Waals surface area contributed by atoms with E-state index >= 15 is 0 Å². The summed E-state index contributed by atoms with van der Waals surface area (Å²) in [6, 6.07) is 0. The molecule has 7 N–H and O–H groups in total. The highest BCUT2D eigenvalue weighted by Gasteiger charge is 2.00. The molecule has 0 atom stereocenters. The van der Waals surface area contributed by atoms with Gasteiger partial charge in [0.2, 0.25) is 0 Å². The van der Waals surface area contributed by atoms with Gasteiger partial charge >= 0.3 is 7.82 Å². The molecule has 0 radical (unpaired) electrons. The zero-order chi connectivity index (χ0) is 12.7. The SMILES string of the molecule is CNCCO.CNCCO.O=P(O)(O)O. The Morgan fingerprint density at radius 3 is 1.13 bits per heavy atom. The van der Waals surface area contributed by atoms with Gasteiger partial charge in [-0.15, -0.1) is 0 Å². The molecule has 0 unspecified atom stereocenters. The van der Waals surface area contributed by atoms with Gasteiger partial charge in [-0.3, -0.25) is 0 Å². The van der Waals surface area contributed by atoms with Crippen LogP contribution in [0.15, 0.2) is 0 Å². The van der Waals surface area contributed by atoms with E-state index < -0.39 is 7.82 Å². The first-order valence-electron chi connectivity index (χ1n) is 4.12. The van der Waals surface area contributed by atoms with Crippen molar-refractivity contribution in [3.63, 3.8) is 0 Å². The van der Waals surface area contributed by atoms with Crippen molar-refractivity contribution in [2.75, 3.05) is 40.4 Å². The van der Waals surface area contributed by atoms with E-state index in [-0.39, 0.29) is 13.2 Å². The van der Waals surface area contributed by atoms with Crippen LogP contribution in [0.1, 0.15) is 0 Å². The van der Waals surface area contributed by atoms with E-state index in [0.29, 0.717) is 13.1 Å². The summed E-state index contributed by atoms with van der Waals surface area (Å²) in [5.74, 6) is 0. The molecule has 0 saturated heterocycles. The summed E-state index contributed by atoms with van der Waals surface area (Å²) in [6.07, 6.45) is 0. The molecule has 0 rings (SSSR count). The molecular formula is C6H21N2O6P. The van der Waals surface area contributed by atoms with Gasteiger partial charge < -0.3 is 35.5 Å². The minimum atomic E-state index is -4.64. The molecule has 8 nitrogen and oxygen atoms in total. The van der Waals surface area contributed by atoms with E-state index in [1.165, 1.54) is 0 Å². The summed E-state index contributed by atoms with van der Waals surface area (Å²) < 4.78 is 8.88. The van der Waals surface area contributed by atoms with Crippen LogP contribution < -0.4 is 10.6 Å². The summed E-state index contributed by atoms with van der Waals surface area (Å²) >= 11 is 0. The number of rotatable bonds is 4. The molecule has 15 heavy (non-hydrogen) atoms. The van der Waals surface area contributed by atoms with Crippen molar-refractivity contribution in [2.45, 2.75) is 0 Å². The fourth-order valence-electron chi connectivity index (χ4n) is 0.224. The van der Waals surface area contributed by atoms with Crippen molar-refractivity contribution in [1.29, 1.82) is 0 Å². The zero-order valence-electron chi connectivity index (χ0n) is 8.92. The maximum atomic E-state index is 8.88. The van der Waals surface area contributed by atoms with Crippen LogP contribution in [-0.4, -0.2) is 65.3 Å². The van der Waals surface area contributed by atoms with Gasteiger partial charge in [0.15, 0.2) is 0 Å². The summed E-state index contributed by atoms with van der Waals surface area (Å²) in [4.78, 5) is 21.6. The van der Waals surface area contributed by atoms with Crippen LogP contribution in [0.3, 0.4) is 0 Å². The van der Waals surface area contributed by atoms with Gasteiger partial charge in [-0.05, 0) is 14.1 Å². The van der Waals surface area contributed by atoms with E-state index in [1.54, 1.807) is 14.1 Å². The van der Waals surface area contributed by atoms with Crippen molar-refractivity contribution >= 4 is 7.82 Å². The quantitative estimate of drug-likeness (QED) is 0.270. The largest absolute Gasteiger partial charge is 0.466 e. The van der Waals surface area contributed by atoms with Gasteiger partial charge in [-0.1, -0.05) is 0 Å². The Bertz CT molecular complexity index is 123. The van der Waals surface area contributed by atoms with Crippen LogP contribution in [0.25, 0.3) is 0 Å². The van der Waals surface area contributed by atoms with Gasteiger partial charge in [0, 0.05) is 13.1 Å². The molecule has 96 valence electrons. The van der Waals surface area contributed by atoms with Crippen molar-refractivity contribution < 1.29 is 29.5 Å². The third-order valence-electron chi connectivity index (χ3n) is 0.724. The fraction of sp³-hybridized carbons (Fsp3) is 1.00. The van der Waals surface area contributed by atoms with Crippen molar-refractivity contribution in [1.82, 2.24) is 10.6 Å². The van der Waals surface area contributed by atoms with E-state index in [1.807, 2.05) is 0 Å². The summed E-state index contributed by atoms with van der Waals surface area (Å²) in [7, 11) is -1.04. The first kappa shape index (κ1) is 20.4. The third kappa shape index (κ3) is 128. The average molecular weight is 248 g/mol. The van der Waals surface area contributed by atoms with E-state index in [9.17, 15) is 0 Å². The number of phosphoric acid groups is 1. The van der Waals surface area contributed by atoms with Crippen LogP contribution >= 0.6 is 7.82 Å². The standard InChI is InChI=1S/2C3H9NO.H3O4P/c2*1-4-2-3-5;1-5(2,3)4/h2*4-5H,2-3H2,1H3;(H3,1,2,3,4). The number of aliphatic hydroxyl groups excluding tert-OH is 2. The second-order valence-electron chi connectivity index (χ2n) is 2.17. The van der Waals surface area contributed by atoms with Crippen LogP contribution in [0.2, 0.25) is 0 Å². The number of likely N-dealkylation sites (N-methyl/N-ethyl adjacent to an activating group) is 2. The Labute approximate surface area is 89.2 Å². The first-order chi connectivity index (χ1) is 6.83. The van der Waals surface area contributed by atoms with Crippen LogP contribution in [0, 0.1) is 0 Å². The predicted molar refractivity (Wildman–Crippen MR) is 56.3 cm³/mol. The highest BCUT2D eigenvalue weighted by atomic mass is 31.2. The van der Waals surface area contributed by atoms with Crippen LogP contribution in [0.4, 0.5) is 0 Å². The molecule has 0 aliphatic carbocycles. The highest BCUT2D eigenvalue weighted by molar-refractivity contribution is 7.45. The van der Waals surface area contributed by atoms with Gasteiger partial charge in [0.25, 0.3) is 0 Å². The molecule has 0 aliphatic rings. The number of aliphatic hydroxyl groups is 2. The summed E-state index contributed by atoms with van der Waals surface area (Å²) in [5.41, 5.74) is 0. The lowest BCUT2D eigenvalue weighted by atomic mass is 10.7. The van der Waals surface area contributed by atoms with Crippen LogP contribution in [-0.2, 0) is 4.57 Å². The molecule has 0 bridgehead atoms. The Balaban J connectivity index is -0.000000144. The minimum Gasteiger partial charge on any atom is -0.395 e. The van der Waals surface area contributed by atoms with Gasteiger partial charge in [-0.25, -0.2) is 4.57 Å². The Morgan fingerprint density at radius 1 is 0.933 bits per heavy atom. The third-order valence-corrected chi connectivity index (χ3v) is 0.724. The van der Waals surface area contributed by atoms with Crippen molar-refractivity contribution in [3.8, 4) is 0 Å². The molecular weight excluding hydrogens is 227 g/mol. The molecule has 0 aromatic rings. The topological polar surface area (TPSA) is 142 Å². The molecule has 0 spiro atoms. The number of hydrogen-bond donors (Lipinski definition) is 7. The maximum absolute atomic E-state index is 8.88. The summed E-state index contributed by atoms with van der Waals surface area (Å²) in [6.45, 7) is 1.85. The molecule has 0 fully saturated rings. The lowest BCUT2D eigenvalue weighted by Crippen LogP contribution is -2.10. The number of nitrogens with one attached hydrogen (secondary N) is 2. The van der Waals surface area contributed by atoms with Gasteiger partial charge in [-0.2, -0.15) is 0 Å². The normalized spacial score (nSPS) is 9.53. The van der Waals surface area contributed by atoms with E-state index in [2.05, 4.69) is 10.6 Å². The molecule has 0 heterocycles. The average Bonchev–Trinajstić information content (AvgIpc) is 2.05. The molecule has 0 saturated carbocycles. The van der Waals surface area contributed by atoms with E-state index in [0.717, 1.165) is 0 Å². The smallest absolute Gasteiger partial charge is 0.395 e. The van der Waals surface area contributed by atoms with Crippen molar-refractivity contribution in [3.05, 3.63) is 0 Å². The second-order valence-corrected chi connectivity index (χ2v) is 3.19. The van der Waals surface area contributed by atoms with E-state index in [4.69, 9.17) is 29.5 Å². The van der Waals surface area contributed by atoms with Crippen molar-refractivity contribution in [2.24, 2.45) is 0 Å². The summed E-state index contributed by atoms with van der Waals surface area (Å²) in [5, 5.41) is 21.5. The fourth-order valence-corrected chi connectivity index (χ4v) is 0.224. The molecule has 0 aromatic carbocycles. The maximum Gasteiger partial charge on any atom is 0.466 e. The second kappa shape index (κ2) is 16.4. The Kier molecular flexibility index (Phi) is 22.3. The molecule has 0 amide bonds. The molecule has 0 aromatic heterocycles. The van der Waals surface area contributed by atoms with Crippen LogP contribution in [0.5, 0.6) is 0 Å². The monoisotopic (exact) mass is 248 g/mol. The Morgan fingerprint density at radius 2 is 1.13 bits per heavy atom. The van der Waals surface area contributed by atoms with Gasteiger partial charge in [0.05, 0.1) is 13.2 Å².